The van der Waals surface area contributed by atoms with Gasteiger partial charge >= 0.3 is 0 Å². The van der Waals surface area contributed by atoms with Crippen LogP contribution in [0.3, 0.4) is 0 Å². The fourth-order valence-electron chi connectivity index (χ4n) is 6.87. The first-order valence-corrected chi connectivity index (χ1v) is 16.8. The van der Waals surface area contributed by atoms with E-state index in [0.717, 1.165) is 45.3 Å². The lowest BCUT2D eigenvalue weighted by Crippen LogP contribution is -2.11. The van der Waals surface area contributed by atoms with Gasteiger partial charge in [-0.25, -0.2) is 0 Å². The molecular formula is C43H31N3S. The number of thiophene rings is 1. The minimum Gasteiger partial charge on any atom is -0.280 e. The maximum atomic E-state index is 9.74. The highest BCUT2D eigenvalue weighted by Crippen LogP contribution is 2.43. The summed E-state index contributed by atoms with van der Waals surface area (Å²) in [6, 6.07) is 48.9. The van der Waals surface area contributed by atoms with E-state index in [4.69, 9.17) is 9.98 Å². The molecule has 0 saturated heterocycles. The minimum atomic E-state index is -0.0262. The smallest absolute Gasteiger partial charge is 0.0998 e. The molecule has 0 radical (unpaired) electrons. The second-order valence-corrected chi connectivity index (χ2v) is 13.1. The molecule has 0 bridgehead atoms. The Hall–Kier alpha value is -5.63. The van der Waals surface area contributed by atoms with Crippen LogP contribution in [0.1, 0.15) is 41.6 Å². The normalized spacial score (nSPS) is 16.3. The van der Waals surface area contributed by atoms with Gasteiger partial charge < -0.3 is 0 Å². The van der Waals surface area contributed by atoms with E-state index < -0.39 is 0 Å². The summed E-state index contributed by atoms with van der Waals surface area (Å²) in [4.78, 5) is 10.4. The number of rotatable bonds is 5. The molecule has 1 aliphatic rings. The molecule has 5 aromatic carbocycles. The van der Waals surface area contributed by atoms with Gasteiger partial charge in [0.25, 0.3) is 0 Å². The van der Waals surface area contributed by atoms with Crippen molar-refractivity contribution in [2.75, 3.05) is 0 Å². The maximum Gasteiger partial charge on any atom is 0.0998 e. The van der Waals surface area contributed by atoms with Gasteiger partial charge in [0, 0.05) is 50.0 Å². The molecule has 224 valence electrons. The Morgan fingerprint density at radius 1 is 0.702 bits per heavy atom. The summed E-state index contributed by atoms with van der Waals surface area (Å²) < 4.78 is 2.41. The first kappa shape index (κ1) is 28.8. The molecule has 2 unspecified atom stereocenters. The van der Waals surface area contributed by atoms with E-state index in [1.807, 2.05) is 30.5 Å². The van der Waals surface area contributed by atoms with E-state index in [9.17, 15) is 5.26 Å². The third-order valence-electron chi connectivity index (χ3n) is 9.25. The Morgan fingerprint density at radius 3 is 2.17 bits per heavy atom. The molecule has 8 rings (SSSR count). The van der Waals surface area contributed by atoms with Crippen LogP contribution in [-0.4, -0.2) is 10.7 Å². The van der Waals surface area contributed by atoms with Gasteiger partial charge in [-0.05, 0) is 57.7 Å². The maximum absolute atomic E-state index is 9.74. The van der Waals surface area contributed by atoms with Crippen LogP contribution in [0.25, 0.3) is 48.1 Å². The van der Waals surface area contributed by atoms with Crippen LogP contribution in [0.2, 0.25) is 0 Å². The lowest BCUT2D eigenvalue weighted by molar-refractivity contribution is 0.587. The van der Waals surface area contributed by atoms with Gasteiger partial charge in [0.05, 0.1) is 23.4 Å². The highest BCUT2D eigenvalue weighted by atomic mass is 32.1. The zero-order chi connectivity index (χ0) is 31.7. The molecule has 0 fully saturated rings. The van der Waals surface area contributed by atoms with E-state index in [1.165, 1.54) is 31.7 Å². The van der Waals surface area contributed by atoms with Crippen LogP contribution < -0.4 is 0 Å². The Bertz CT molecular complexity index is 2340. The fourth-order valence-corrected chi connectivity index (χ4v) is 7.95. The molecule has 4 heteroatoms. The standard InChI is InChI=1S/C43H31N3S/c1-28-35(29-10-4-2-5-11-29)21-22-38(30-12-6-3-7-13-30)46-42(28)31-16-18-32(19-17-31)43-41-37-26-33(36-15-9-8-14-34(36)27-44)20-23-39(37)47-40(41)24-25-45-43/h2-21,23-26,28,42H,22H2,1H3. The highest BCUT2D eigenvalue weighted by molar-refractivity contribution is 7.25. The number of benzene rings is 5. The van der Waals surface area contributed by atoms with Crippen LogP contribution in [0.5, 0.6) is 0 Å². The second-order valence-electron chi connectivity index (χ2n) is 12.0. The van der Waals surface area contributed by atoms with Crippen molar-refractivity contribution < 1.29 is 0 Å². The zero-order valence-electron chi connectivity index (χ0n) is 26.0. The van der Waals surface area contributed by atoms with Crippen molar-refractivity contribution in [1.82, 2.24) is 4.98 Å². The largest absolute Gasteiger partial charge is 0.280 e. The van der Waals surface area contributed by atoms with E-state index in [2.05, 4.69) is 128 Å². The van der Waals surface area contributed by atoms with Crippen LogP contribution in [0, 0.1) is 17.2 Å². The Labute approximate surface area is 278 Å². The molecule has 0 aliphatic carbocycles. The molecule has 0 N–H and O–H groups in total. The predicted molar refractivity (Wildman–Crippen MR) is 197 cm³/mol. The van der Waals surface area contributed by atoms with Gasteiger partial charge in [0.15, 0.2) is 0 Å². The van der Waals surface area contributed by atoms with E-state index in [1.54, 1.807) is 11.3 Å². The Morgan fingerprint density at radius 2 is 1.40 bits per heavy atom. The first-order valence-electron chi connectivity index (χ1n) is 16.0. The molecule has 3 nitrogen and oxygen atoms in total. The fraction of sp³-hybridized carbons (Fsp3) is 0.0930. The summed E-state index contributed by atoms with van der Waals surface area (Å²) in [6.45, 7) is 2.30. The Balaban J connectivity index is 1.21. The highest BCUT2D eigenvalue weighted by Gasteiger charge is 2.27. The van der Waals surface area contributed by atoms with Gasteiger partial charge in [-0.2, -0.15) is 5.26 Å². The van der Waals surface area contributed by atoms with Crippen molar-refractivity contribution in [3.05, 3.63) is 168 Å². The number of pyridine rings is 1. The summed E-state index contributed by atoms with van der Waals surface area (Å²) in [5.74, 6) is 0.196. The van der Waals surface area contributed by atoms with Crippen LogP contribution >= 0.6 is 11.3 Å². The third kappa shape index (κ3) is 5.35. The number of aromatic nitrogens is 1. The molecule has 0 saturated carbocycles. The van der Waals surface area contributed by atoms with E-state index in [-0.39, 0.29) is 12.0 Å². The van der Waals surface area contributed by atoms with E-state index >= 15 is 0 Å². The summed E-state index contributed by atoms with van der Waals surface area (Å²) >= 11 is 1.78. The number of allylic oxidation sites excluding steroid dienone is 1. The molecular weight excluding hydrogens is 591 g/mol. The third-order valence-corrected chi connectivity index (χ3v) is 10.4. The number of fused-ring (bicyclic) bond motifs is 3. The van der Waals surface area contributed by atoms with Crippen molar-refractivity contribution in [3.8, 4) is 28.5 Å². The molecule has 7 aromatic rings. The number of hydrogen-bond donors (Lipinski definition) is 0. The topological polar surface area (TPSA) is 49.0 Å². The second kappa shape index (κ2) is 12.3. The summed E-state index contributed by atoms with van der Waals surface area (Å²) in [5, 5.41) is 12.1. The SMILES string of the molecule is CC1C(c2ccccc2)=CCC(c2ccccc2)=NC1c1ccc(-c2nccc3sc4ccc(-c5ccccc5C#N)cc4c23)cc1. The zero-order valence-corrected chi connectivity index (χ0v) is 26.8. The summed E-state index contributed by atoms with van der Waals surface area (Å²) in [5.41, 5.74) is 10.8. The number of aliphatic imine (C=N–C) groups is 1. The number of nitriles is 1. The van der Waals surface area contributed by atoms with Gasteiger partial charge in [-0.1, -0.05) is 122 Å². The first-order chi connectivity index (χ1) is 23.2. The lowest BCUT2D eigenvalue weighted by atomic mass is 9.85. The average molecular weight is 622 g/mol. The monoisotopic (exact) mass is 621 g/mol. The lowest BCUT2D eigenvalue weighted by Gasteiger charge is -2.23. The molecule has 3 heterocycles. The summed E-state index contributed by atoms with van der Waals surface area (Å²) in [7, 11) is 0. The van der Waals surface area contributed by atoms with Crippen LogP contribution in [-0.2, 0) is 0 Å². The Kier molecular flexibility index (Phi) is 7.53. The van der Waals surface area contributed by atoms with Crippen molar-refractivity contribution in [1.29, 1.82) is 5.26 Å². The van der Waals surface area contributed by atoms with Gasteiger partial charge in [-0.15, -0.1) is 11.3 Å². The quantitative estimate of drug-likeness (QED) is 0.192. The van der Waals surface area contributed by atoms with Gasteiger partial charge in [-0.3, -0.25) is 9.98 Å². The van der Waals surface area contributed by atoms with Crippen molar-refractivity contribution in [2.24, 2.45) is 10.9 Å². The minimum absolute atomic E-state index is 0.0262. The van der Waals surface area contributed by atoms with Gasteiger partial charge in [0.2, 0.25) is 0 Å². The average Bonchev–Trinajstić information content (AvgIpc) is 3.42. The molecule has 2 aromatic heterocycles. The molecule has 0 amide bonds. The predicted octanol–water partition coefficient (Wildman–Crippen LogP) is 11.3. The molecule has 1 aliphatic heterocycles. The van der Waals surface area contributed by atoms with Gasteiger partial charge in [0.1, 0.15) is 0 Å². The molecule has 47 heavy (non-hydrogen) atoms. The summed E-state index contributed by atoms with van der Waals surface area (Å²) in [6.07, 6.45) is 5.08. The van der Waals surface area contributed by atoms with Crippen LogP contribution in [0.15, 0.2) is 151 Å². The molecule has 0 spiro atoms. The van der Waals surface area contributed by atoms with Crippen molar-refractivity contribution >= 4 is 42.8 Å². The van der Waals surface area contributed by atoms with E-state index in [0.29, 0.717) is 5.56 Å². The van der Waals surface area contributed by atoms with Crippen molar-refractivity contribution in [2.45, 2.75) is 19.4 Å². The molecule has 2 atom stereocenters. The van der Waals surface area contributed by atoms with Crippen molar-refractivity contribution in [3.63, 3.8) is 0 Å². The number of hydrogen-bond acceptors (Lipinski definition) is 4. The van der Waals surface area contributed by atoms with Crippen LogP contribution in [0.4, 0.5) is 0 Å². The number of nitrogens with zero attached hydrogens (tertiary/aromatic N) is 3.